The molecule has 0 saturated carbocycles. The number of hydrogen-bond donors (Lipinski definition) is 1. The summed E-state index contributed by atoms with van der Waals surface area (Å²) in [7, 11) is 0. The van der Waals surface area contributed by atoms with Crippen molar-refractivity contribution < 1.29 is 14.3 Å². The summed E-state index contributed by atoms with van der Waals surface area (Å²) in [6.45, 7) is 8.56. The molecule has 0 atom stereocenters. The van der Waals surface area contributed by atoms with Gasteiger partial charge in [-0.3, -0.25) is 4.79 Å². The van der Waals surface area contributed by atoms with Gasteiger partial charge in [0, 0.05) is 25.3 Å². The van der Waals surface area contributed by atoms with Crippen LogP contribution in [0.5, 0.6) is 5.75 Å². The second kappa shape index (κ2) is 9.84. The molecule has 0 heterocycles. The molecule has 4 nitrogen and oxygen atoms in total. The fourth-order valence-corrected chi connectivity index (χ4v) is 2.47. The first-order valence-electron chi connectivity index (χ1n) is 8.75. The van der Waals surface area contributed by atoms with Gasteiger partial charge in [0.25, 0.3) is 5.91 Å². The maximum atomic E-state index is 12.2. The zero-order valence-corrected chi connectivity index (χ0v) is 15.3. The Hall–Kier alpha value is -2.33. The van der Waals surface area contributed by atoms with Gasteiger partial charge in [0.05, 0.1) is 0 Å². The summed E-state index contributed by atoms with van der Waals surface area (Å²) in [5.41, 5.74) is 4.18. The molecule has 2 aromatic carbocycles. The van der Waals surface area contributed by atoms with E-state index in [0.29, 0.717) is 37.7 Å². The van der Waals surface area contributed by atoms with Gasteiger partial charge in [-0.25, -0.2) is 0 Å². The number of ether oxygens (including phenoxy) is 2. The van der Waals surface area contributed by atoms with E-state index >= 15 is 0 Å². The van der Waals surface area contributed by atoms with Crippen molar-refractivity contribution >= 4 is 5.91 Å². The summed E-state index contributed by atoms with van der Waals surface area (Å²) in [4.78, 5) is 12.2. The van der Waals surface area contributed by atoms with E-state index in [4.69, 9.17) is 9.47 Å². The number of amides is 1. The van der Waals surface area contributed by atoms with E-state index in [0.717, 1.165) is 12.0 Å². The van der Waals surface area contributed by atoms with Crippen LogP contribution < -0.4 is 10.1 Å². The fraction of sp³-hybridized carbons (Fsp3) is 0.381. The molecule has 4 heteroatoms. The molecule has 0 aliphatic rings. The summed E-state index contributed by atoms with van der Waals surface area (Å²) in [6.07, 6.45) is 0.808. The lowest BCUT2D eigenvalue weighted by molar-refractivity contribution is 0.0943. The van der Waals surface area contributed by atoms with Crippen LogP contribution in [0.25, 0.3) is 0 Å². The van der Waals surface area contributed by atoms with Crippen molar-refractivity contribution in [3.8, 4) is 5.75 Å². The van der Waals surface area contributed by atoms with Crippen molar-refractivity contribution in [1.29, 1.82) is 0 Å². The van der Waals surface area contributed by atoms with Crippen LogP contribution in [0.2, 0.25) is 0 Å². The molecule has 0 unspecified atom stereocenters. The molecule has 0 spiro atoms. The second-order valence-corrected chi connectivity index (χ2v) is 6.05. The van der Waals surface area contributed by atoms with Crippen molar-refractivity contribution in [1.82, 2.24) is 5.32 Å². The van der Waals surface area contributed by atoms with Gasteiger partial charge in [-0.1, -0.05) is 29.8 Å². The number of carbonyl (C=O) groups excluding carboxylic acids is 1. The SMILES string of the molecule is CCOCCCNC(=O)c1cccc(OCc2cc(C)ccc2C)c1. The van der Waals surface area contributed by atoms with Crippen LogP contribution in [0.4, 0.5) is 0 Å². The standard InChI is InChI=1S/C21H27NO3/c1-4-24-12-6-11-22-21(23)18-7-5-8-20(14-18)25-15-19-13-16(2)9-10-17(19)3/h5,7-10,13-14H,4,6,11-12,15H2,1-3H3,(H,22,23). The lowest BCUT2D eigenvalue weighted by Crippen LogP contribution is -2.25. The number of aryl methyl sites for hydroxylation is 2. The molecule has 0 radical (unpaired) electrons. The smallest absolute Gasteiger partial charge is 0.251 e. The number of hydrogen-bond acceptors (Lipinski definition) is 3. The Labute approximate surface area is 150 Å². The molecule has 0 aromatic heterocycles. The molecule has 0 bridgehead atoms. The van der Waals surface area contributed by atoms with E-state index < -0.39 is 0 Å². The number of rotatable bonds is 9. The van der Waals surface area contributed by atoms with Gasteiger partial charge in [-0.05, 0) is 56.5 Å². The summed E-state index contributed by atoms with van der Waals surface area (Å²) < 4.78 is 11.1. The third kappa shape index (κ3) is 6.24. The Morgan fingerprint density at radius 3 is 2.76 bits per heavy atom. The molecular weight excluding hydrogens is 314 g/mol. The van der Waals surface area contributed by atoms with Crippen molar-refractivity contribution in [3.63, 3.8) is 0 Å². The molecule has 1 N–H and O–H groups in total. The van der Waals surface area contributed by atoms with Gasteiger partial charge in [-0.2, -0.15) is 0 Å². The van der Waals surface area contributed by atoms with Gasteiger partial charge >= 0.3 is 0 Å². The van der Waals surface area contributed by atoms with Crippen molar-refractivity contribution in [2.45, 2.75) is 33.8 Å². The Balaban J connectivity index is 1.89. The minimum atomic E-state index is -0.0892. The van der Waals surface area contributed by atoms with E-state index in [1.54, 1.807) is 12.1 Å². The summed E-state index contributed by atoms with van der Waals surface area (Å²) >= 11 is 0. The van der Waals surface area contributed by atoms with Gasteiger partial charge in [0.15, 0.2) is 0 Å². The molecule has 134 valence electrons. The normalized spacial score (nSPS) is 10.5. The second-order valence-electron chi connectivity index (χ2n) is 6.05. The number of benzene rings is 2. The summed E-state index contributed by atoms with van der Waals surface area (Å²) in [5, 5.41) is 2.90. The summed E-state index contributed by atoms with van der Waals surface area (Å²) in [5.74, 6) is 0.608. The van der Waals surface area contributed by atoms with E-state index in [2.05, 4.69) is 37.4 Å². The van der Waals surface area contributed by atoms with Crippen LogP contribution in [-0.4, -0.2) is 25.7 Å². The Kier molecular flexibility index (Phi) is 7.48. The highest BCUT2D eigenvalue weighted by molar-refractivity contribution is 5.94. The van der Waals surface area contributed by atoms with E-state index in [1.807, 2.05) is 19.1 Å². The summed E-state index contributed by atoms with van der Waals surface area (Å²) in [6, 6.07) is 13.6. The van der Waals surface area contributed by atoms with E-state index in [1.165, 1.54) is 11.1 Å². The minimum Gasteiger partial charge on any atom is -0.489 e. The zero-order valence-electron chi connectivity index (χ0n) is 15.3. The predicted octanol–water partition coefficient (Wildman–Crippen LogP) is 4.04. The van der Waals surface area contributed by atoms with E-state index in [9.17, 15) is 4.79 Å². The van der Waals surface area contributed by atoms with Crippen LogP contribution in [0.3, 0.4) is 0 Å². The van der Waals surface area contributed by atoms with Gasteiger partial charge in [-0.15, -0.1) is 0 Å². The lowest BCUT2D eigenvalue weighted by Gasteiger charge is -2.11. The number of carbonyl (C=O) groups is 1. The topological polar surface area (TPSA) is 47.6 Å². The maximum absolute atomic E-state index is 12.2. The van der Waals surface area contributed by atoms with Crippen LogP contribution >= 0.6 is 0 Å². The Morgan fingerprint density at radius 2 is 1.96 bits per heavy atom. The monoisotopic (exact) mass is 341 g/mol. The average molecular weight is 341 g/mol. The minimum absolute atomic E-state index is 0.0892. The van der Waals surface area contributed by atoms with Crippen LogP contribution in [0.15, 0.2) is 42.5 Å². The maximum Gasteiger partial charge on any atom is 0.251 e. The van der Waals surface area contributed by atoms with Crippen molar-refractivity contribution in [3.05, 3.63) is 64.7 Å². The Bertz CT molecular complexity index is 697. The van der Waals surface area contributed by atoms with Crippen LogP contribution in [0.1, 0.15) is 40.4 Å². The van der Waals surface area contributed by atoms with Crippen molar-refractivity contribution in [2.24, 2.45) is 0 Å². The van der Waals surface area contributed by atoms with Crippen molar-refractivity contribution in [2.75, 3.05) is 19.8 Å². The first-order valence-corrected chi connectivity index (χ1v) is 8.75. The highest BCUT2D eigenvalue weighted by atomic mass is 16.5. The molecule has 0 fully saturated rings. The van der Waals surface area contributed by atoms with Crippen LogP contribution in [0, 0.1) is 13.8 Å². The number of nitrogens with one attached hydrogen (secondary N) is 1. The van der Waals surface area contributed by atoms with E-state index in [-0.39, 0.29) is 5.91 Å². The molecule has 0 aliphatic carbocycles. The molecule has 2 rings (SSSR count). The first kappa shape index (κ1) is 19.0. The van der Waals surface area contributed by atoms with Gasteiger partial charge in [0.2, 0.25) is 0 Å². The average Bonchev–Trinajstić information content (AvgIpc) is 2.62. The highest BCUT2D eigenvalue weighted by Gasteiger charge is 2.07. The largest absolute Gasteiger partial charge is 0.489 e. The molecule has 1 amide bonds. The quantitative estimate of drug-likeness (QED) is 0.700. The zero-order chi connectivity index (χ0) is 18.1. The highest BCUT2D eigenvalue weighted by Crippen LogP contribution is 2.17. The molecule has 0 saturated heterocycles. The lowest BCUT2D eigenvalue weighted by atomic mass is 10.1. The Morgan fingerprint density at radius 1 is 1.12 bits per heavy atom. The fourth-order valence-electron chi connectivity index (χ4n) is 2.47. The third-order valence-corrected chi connectivity index (χ3v) is 3.95. The predicted molar refractivity (Wildman–Crippen MR) is 100 cm³/mol. The molecule has 2 aromatic rings. The van der Waals surface area contributed by atoms with Gasteiger partial charge < -0.3 is 14.8 Å². The molecule has 25 heavy (non-hydrogen) atoms. The van der Waals surface area contributed by atoms with Crippen LogP contribution in [-0.2, 0) is 11.3 Å². The third-order valence-electron chi connectivity index (χ3n) is 3.95. The van der Waals surface area contributed by atoms with Gasteiger partial charge in [0.1, 0.15) is 12.4 Å². The molecule has 0 aliphatic heterocycles. The molecular formula is C21H27NO3. The first-order chi connectivity index (χ1) is 12.1.